The molecule has 1 heteroatoms. The zero-order valence-electron chi connectivity index (χ0n) is 28.6. The molecule has 0 N–H and O–H groups in total. The van der Waals surface area contributed by atoms with Crippen LogP contribution >= 0.6 is 0 Å². The van der Waals surface area contributed by atoms with Gasteiger partial charge >= 0.3 is 0 Å². The third-order valence-corrected chi connectivity index (χ3v) is 10.7. The van der Waals surface area contributed by atoms with E-state index in [0.717, 1.165) is 12.8 Å². The number of fused-ring (bicyclic) bond motifs is 4. The van der Waals surface area contributed by atoms with E-state index in [0.29, 0.717) is 0 Å². The van der Waals surface area contributed by atoms with Gasteiger partial charge in [-0.05, 0) is 116 Å². The third-order valence-electron chi connectivity index (χ3n) is 10.7. The molecule has 0 aliphatic heterocycles. The highest BCUT2D eigenvalue weighted by Gasteiger charge is 2.36. The smallest absolute Gasteiger partial charge is 0.0461 e. The lowest BCUT2D eigenvalue weighted by Gasteiger charge is -2.30. The van der Waals surface area contributed by atoms with Crippen LogP contribution in [0.3, 0.4) is 0 Å². The van der Waals surface area contributed by atoms with Gasteiger partial charge in [0.15, 0.2) is 0 Å². The molecule has 1 nitrogen and oxygen atoms in total. The van der Waals surface area contributed by atoms with Crippen molar-refractivity contribution in [3.8, 4) is 44.5 Å². The molecule has 240 valence electrons. The predicted octanol–water partition coefficient (Wildman–Crippen LogP) is 13.5. The first kappa shape index (κ1) is 30.2. The molecule has 0 saturated heterocycles. The Bertz CT molecular complexity index is 2420. The average Bonchev–Trinajstić information content (AvgIpc) is 3.41. The normalized spacial score (nSPS) is 14.2. The van der Waals surface area contributed by atoms with Crippen molar-refractivity contribution >= 4 is 22.1 Å². The Kier molecular flexibility index (Phi) is 7.36. The van der Waals surface area contributed by atoms with Gasteiger partial charge in [-0.25, -0.2) is 0 Å². The van der Waals surface area contributed by atoms with E-state index in [2.05, 4.69) is 195 Å². The van der Waals surface area contributed by atoms with Crippen LogP contribution in [0.1, 0.15) is 37.8 Å². The summed E-state index contributed by atoms with van der Waals surface area (Å²) in [5, 5.41) is 2.55. The third kappa shape index (κ3) is 5.18. The number of rotatable bonds is 6. The summed E-state index contributed by atoms with van der Waals surface area (Å²) in [7, 11) is 0. The molecule has 50 heavy (non-hydrogen) atoms. The minimum Gasteiger partial charge on any atom is -0.314 e. The summed E-state index contributed by atoms with van der Waals surface area (Å²) in [5.74, 6) is 0. The van der Waals surface area contributed by atoms with Gasteiger partial charge in [-0.15, -0.1) is 0 Å². The van der Waals surface area contributed by atoms with Gasteiger partial charge in [-0.2, -0.15) is 0 Å². The van der Waals surface area contributed by atoms with Crippen LogP contribution in [-0.4, -0.2) is 0 Å². The van der Waals surface area contributed by atoms with Crippen LogP contribution in [-0.2, 0) is 5.41 Å². The van der Waals surface area contributed by atoms with Crippen molar-refractivity contribution in [3.63, 3.8) is 0 Å². The minimum atomic E-state index is -0.134. The summed E-state index contributed by atoms with van der Waals surface area (Å²) in [6.07, 6.45) is 8.81. The molecule has 7 aromatic carbocycles. The van der Waals surface area contributed by atoms with E-state index < -0.39 is 0 Å². The number of allylic oxidation sites excluding steroid dienone is 4. The Hall–Kier alpha value is -5.92. The summed E-state index contributed by atoms with van der Waals surface area (Å²) in [4.78, 5) is 2.47. The Balaban J connectivity index is 1.07. The van der Waals surface area contributed by atoms with Gasteiger partial charge in [0.1, 0.15) is 0 Å². The second-order valence-electron chi connectivity index (χ2n) is 14.1. The molecule has 7 aromatic rings. The van der Waals surface area contributed by atoms with Gasteiger partial charge in [-0.1, -0.05) is 153 Å². The van der Waals surface area contributed by atoms with Crippen LogP contribution in [0.2, 0.25) is 0 Å². The van der Waals surface area contributed by atoms with Gasteiger partial charge in [0.2, 0.25) is 0 Å². The molecule has 0 heterocycles. The van der Waals surface area contributed by atoms with Crippen LogP contribution in [0.5, 0.6) is 0 Å². The molecule has 9 rings (SSSR count). The number of hydrogen-bond donors (Lipinski definition) is 0. The zero-order valence-corrected chi connectivity index (χ0v) is 28.6. The van der Waals surface area contributed by atoms with Gasteiger partial charge in [0.25, 0.3) is 0 Å². The highest BCUT2D eigenvalue weighted by molar-refractivity contribution is 5.97. The van der Waals surface area contributed by atoms with Gasteiger partial charge in [0.05, 0.1) is 0 Å². The monoisotopic (exact) mass is 641 g/mol. The fraction of sp³-hybridized carbons (Fsp3) is 0.102. The lowest BCUT2D eigenvalue weighted by atomic mass is 9.81. The van der Waals surface area contributed by atoms with Crippen LogP contribution < -0.4 is 4.90 Å². The van der Waals surface area contributed by atoms with Crippen molar-refractivity contribution in [2.45, 2.75) is 32.1 Å². The SMILES string of the molecule is CC1(C)c2cc(-c3ccc(-c4ccccc4)cc3)ccc2-c2ccc(N(C3=CC=CCC3)c3ccc(-c4cccc5ccccc45)cc3)cc21. The van der Waals surface area contributed by atoms with Gasteiger partial charge in [0, 0.05) is 22.5 Å². The fourth-order valence-corrected chi connectivity index (χ4v) is 8.05. The Morgan fingerprint density at radius 2 is 1.08 bits per heavy atom. The van der Waals surface area contributed by atoms with Gasteiger partial charge < -0.3 is 4.90 Å². The molecule has 0 fully saturated rings. The molecule has 0 atom stereocenters. The van der Waals surface area contributed by atoms with Crippen molar-refractivity contribution in [2.75, 3.05) is 4.90 Å². The quantitative estimate of drug-likeness (QED) is 0.175. The van der Waals surface area contributed by atoms with E-state index in [4.69, 9.17) is 0 Å². The van der Waals surface area contributed by atoms with Crippen molar-refractivity contribution in [1.82, 2.24) is 0 Å². The Morgan fingerprint density at radius 3 is 1.84 bits per heavy atom. The van der Waals surface area contributed by atoms with Crippen molar-refractivity contribution in [3.05, 3.63) is 193 Å². The number of hydrogen-bond acceptors (Lipinski definition) is 1. The second-order valence-corrected chi connectivity index (χ2v) is 14.1. The number of anilines is 2. The maximum atomic E-state index is 2.47. The molecule has 2 aliphatic carbocycles. The first-order chi connectivity index (χ1) is 24.5. The lowest BCUT2D eigenvalue weighted by Crippen LogP contribution is -2.19. The molecular formula is C49H39N. The zero-order chi connectivity index (χ0) is 33.7. The second kappa shape index (κ2) is 12.2. The van der Waals surface area contributed by atoms with E-state index in [9.17, 15) is 0 Å². The van der Waals surface area contributed by atoms with Crippen LogP contribution in [0.4, 0.5) is 11.4 Å². The minimum absolute atomic E-state index is 0.134. The van der Waals surface area contributed by atoms with E-state index in [-0.39, 0.29) is 5.41 Å². The topological polar surface area (TPSA) is 3.24 Å². The molecule has 0 radical (unpaired) electrons. The molecule has 0 amide bonds. The summed E-state index contributed by atoms with van der Waals surface area (Å²) >= 11 is 0. The lowest BCUT2D eigenvalue weighted by molar-refractivity contribution is 0.660. The van der Waals surface area contributed by atoms with E-state index >= 15 is 0 Å². The van der Waals surface area contributed by atoms with E-state index in [1.807, 2.05) is 0 Å². The summed E-state index contributed by atoms with van der Waals surface area (Å²) < 4.78 is 0. The first-order valence-electron chi connectivity index (χ1n) is 17.7. The van der Waals surface area contributed by atoms with Crippen LogP contribution in [0, 0.1) is 0 Å². The first-order valence-corrected chi connectivity index (χ1v) is 17.7. The fourth-order valence-electron chi connectivity index (χ4n) is 8.05. The molecular weight excluding hydrogens is 603 g/mol. The molecule has 2 aliphatic rings. The number of nitrogens with zero attached hydrogens (tertiary/aromatic N) is 1. The summed E-state index contributed by atoms with van der Waals surface area (Å²) in [6.45, 7) is 4.77. The molecule has 0 bridgehead atoms. The maximum absolute atomic E-state index is 2.47. The largest absolute Gasteiger partial charge is 0.314 e. The maximum Gasteiger partial charge on any atom is 0.0461 e. The van der Waals surface area contributed by atoms with Crippen molar-refractivity contribution in [2.24, 2.45) is 0 Å². The Labute approximate surface area is 295 Å². The van der Waals surface area contributed by atoms with E-state index in [1.54, 1.807) is 0 Å². The van der Waals surface area contributed by atoms with Crippen molar-refractivity contribution < 1.29 is 0 Å². The van der Waals surface area contributed by atoms with Crippen molar-refractivity contribution in [1.29, 1.82) is 0 Å². The van der Waals surface area contributed by atoms with E-state index in [1.165, 1.54) is 83.5 Å². The van der Waals surface area contributed by atoms with Crippen LogP contribution in [0.15, 0.2) is 182 Å². The molecule has 0 saturated carbocycles. The van der Waals surface area contributed by atoms with Crippen LogP contribution in [0.25, 0.3) is 55.3 Å². The predicted molar refractivity (Wildman–Crippen MR) is 213 cm³/mol. The highest BCUT2D eigenvalue weighted by atomic mass is 15.1. The standard InChI is InChI=1S/C49H39N/c1-49(2)47-32-39(36-22-20-35(21-23-36)34-12-5-3-6-13-34)26-30-45(47)46-31-29-42(33-48(46)49)50(40-16-7-4-8-17-40)41-27-24-38(25-28-41)44-19-11-15-37-14-9-10-18-43(37)44/h3-7,9-16,18-33H,8,17H2,1-2H3. The number of benzene rings is 7. The summed E-state index contributed by atoms with van der Waals surface area (Å²) in [5.41, 5.74) is 16.5. The summed E-state index contributed by atoms with van der Waals surface area (Å²) in [6, 6.07) is 58.1. The molecule has 0 spiro atoms. The Morgan fingerprint density at radius 1 is 0.480 bits per heavy atom. The molecule has 0 aromatic heterocycles. The average molecular weight is 642 g/mol. The molecule has 0 unspecified atom stereocenters. The highest BCUT2D eigenvalue weighted by Crippen LogP contribution is 2.51. The van der Waals surface area contributed by atoms with Gasteiger partial charge in [-0.3, -0.25) is 0 Å².